The van der Waals surface area contributed by atoms with E-state index >= 15 is 0 Å². The third-order valence-corrected chi connectivity index (χ3v) is 4.26. The zero-order valence-corrected chi connectivity index (χ0v) is 14.9. The SMILES string of the molecule is CC(=O)c1ccc(N2CCN(C(=O)NCCCN(C)C)CC2)cc1. The summed E-state index contributed by atoms with van der Waals surface area (Å²) < 4.78 is 0. The van der Waals surface area contributed by atoms with Gasteiger partial charge in [0.1, 0.15) is 0 Å². The second kappa shape index (κ2) is 8.68. The molecule has 2 rings (SSSR count). The Morgan fingerprint density at radius 3 is 2.25 bits per heavy atom. The number of anilines is 1. The van der Waals surface area contributed by atoms with Gasteiger partial charge in [-0.05, 0) is 58.3 Å². The number of ketones is 1. The Labute approximate surface area is 144 Å². The van der Waals surface area contributed by atoms with Crippen LogP contribution in [0.5, 0.6) is 0 Å². The predicted octanol–water partition coefficient (Wildman–Crippen LogP) is 1.67. The number of carbonyl (C=O) groups is 2. The van der Waals surface area contributed by atoms with E-state index in [0.717, 1.165) is 37.3 Å². The van der Waals surface area contributed by atoms with Crippen LogP contribution in [-0.2, 0) is 0 Å². The van der Waals surface area contributed by atoms with Gasteiger partial charge in [-0.3, -0.25) is 4.79 Å². The molecular formula is C18H28N4O2. The Kier molecular flexibility index (Phi) is 6.61. The van der Waals surface area contributed by atoms with Crippen molar-refractivity contribution in [3.05, 3.63) is 29.8 Å². The molecule has 1 N–H and O–H groups in total. The third-order valence-electron chi connectivity index (χ3n) is 4.26. The Bertz CT molecular complexity index is 549. The van der Waals surface area contributed by atoms with Crippen molar-refractivity contribution in [3.63, 3.8) is 0 Å². The maximum atomic E-state index is 12.2. The number of amides is 2. The molecular weight excluding hydrogens is 304 g/mol. The van der Waals surface area contributed by atoms with Crippen LogP contribution < -0.4 is 10.2 Å². The molecule has 132 valence electrons. The van der Waals surface area contributed by atoms with Gasteiger partial charge in [-0.2, -0.15) is 0 Å². The lowest BCUT2D eigenvalue weighted by Crippen LogP contribution is -2.52. The standard InChI is InChI=1S/C18H28N4O2/c1-15(23)16-5-7-17(8-6-16)21-11-13-22(14-12-21)18(24)19-9-4-10-20(2)3/h5-8H,4,9-14H2,1-3H3,(H,19,24). The van der Waals surface area contributed by atoms with Gasteiger partial charge in [-0.1, -0.05) is 0 Å². The predicted molar refractivity (Wildman–Crippen MR) is 96.8 cm³/mol. The monoisotopic (exact) mass is 332 g/mol. The molecule has 0 radical (unpaired) electrons. The first-order valence-electron chi connectivity index (χ1n) is 8.51. The second-order valence-electron chi connectivity index (χ2n) is 6.47. The van der Waals surface area contributed by atoms with E-state index in [2.05, 4.69) is 15.1 Å². The average molecular weight is 332 g/mol. The van der Waals surface area contributed by atoms with Crippen molar-refractivity contribution in [3.8, 4) is 0 Å². The molecule has 0 aliphatic carbocycles. The van der Waals surface area contributed by atoms with E-state index in [-0.39, 0.29) is 11.8 Å². The Morgan fingerprint density at radius 1 is 1.08 bits per heavy atom. The lowest BCUT2D eigenvalue weighted by Gasteiger charge is -2.36. The number of Topliss-reactive ketones (excluding diaryl/α,β-unsaturated/α-hetero) is 1. The van der Waals surface area contributed by atoms with E-state index in [1.54, 1.807) is 6.92 Å². The quantitative estimate of drug-likeness (QED) is 0.636. The molecule has 1 aromatic rings. The molecule has 0 bridgehead atoms. The highest BCUT2D eigenvalue weighted by molar-refractivity contribution is 5.94. The number of urea groups is 1. The summed E-state index contributed by atoms with van der Waals surface area (Å²) in [6, 6.07) is 7.71. The molecule has 1 aliphatic rings. The maximum Gasteiger partial charge on any atom is 0.317 e. The molecule has 1 heterocycles. The van der Waals surface area contributed by atoms with Crippen molar-refractivity contribution in [2.75, 3.05) is 58.3 Å². The zero-order valence-electron chi connectivity index (χ0n) is 14.9. The van der Waals surface area contributed by atoms with Gasteiger partial charge in [0.2, 0.25) is 0 Å². The summed E-state index contributed by atoms with van der Waals surface area (Å²) in [6.45, 7) is 6.32. The highest BCUT2D eigenvalue weighted by atomic mass is 16.2. The summed E-state index contributed by atoms with van der Waals surface area (Å²) in [4.78, 5) is 29.7. The lowest BCUT2D eigenvalue weighted by molar-refractivity contribution is 0.101. The molecule has 1 aromatic carbocycles. The van der Waals surface area contributed by atoms with Gasteiger partial charge in [-0.15, -0.1) is 0 Å². The molecule has 0 aromatic heterocycles. The number of hydrogen-bond donors (Lipinski definition) is 1. The molecule has 0 unspecified atom stereocenters. The van der Waals surface area contributed by atoms with Crippen LogP contribution in [0.25, 0.3) is 0 Å². The van der Waals surface area contributed by atoms with Crippen LogP contribution in [-0.4, -0.2) is 75.0 Å². The number of nitrogens with one attached hydrogen (secondary N) is 1. The van der Waals surface area contributed by atoms with Crippen LogP contribution in [0.15, 0.2) is 24.3 Å². The number of rotatable bonds is 6. The van der Waals surface area contributed by atoms with Crippen molar-refractivity contribution in [1.29, 1.82) is 0 Å². The van der Waals surface area contributed by atoms with Crippen LogP contribution in [0.4, 0.5) is 10.5 Å². The molecule has 2 amide bonds. The largest absolute Gasteiger partial charge is 0.368 e. The molecule has 6 heteroatoms. The van der Waals surface area contributed by atoms with E-state index in [4.69, 9.17) is 0 Å². The average Bonchev–Trinajstić information content (AvgIpc) is 2.58. The maximum absolute atomic E-state index is 12.2. The van der Waals surface area contributed by atoms with Crippen LogP contribution in [0.1, 0.15) is 23.7 Å². The minimum Gasteiger partial charge on any atom is -0.368 e. The fourth-order valence-corrected chi connectivity index (χ4v) is 2.78. The number of hydrogen-bond acceptors (Lipinski definition) is 4. The molecule has 1 aliphatic heterocycles. The number of nitrogens with zero attached hydrogens (tertiary/aromatic N) is 3. The Hall–Kier alpha value is -2.08. The minimum atomic E-state index is 0.0281. The van der Waals surface area contributed by atoms with Gasteiger partial charge in [-0.25, -0.2) is 4.79 Å². The van der Waals surface area contributed by atoms with E-state index in [9.17, 15) is 9.59 Å². The molecule has 1 saturated heterocycles. The molecule has 0 spiro atoms. The van der Waals surface area contributed by atoms with Crippen molar-refractivity contribution in [2.24, 2.45) is 0 Å². The summed E-state index contributed by atoms with van der Waals surface area (Å²) in [7, 11) is 4.06. The van der Waals surface area contributed by atoms with E-state index < -0.39 is 0 Å². The van der Waals surface area contributed by atoms with Crippen molar-refractivity contribution >= 4 is 17.5 Å². The van der Waals surface area contributed by atoms with Crippen molar-refractivity contribution < 1.29 is 9.59 Å². The fourth-order valence-electron chi connectivity index (χ4n) is 2.78. The number of piperazine rings is 1. The summed E-state index contributed by atoms with van der Waals surface area (Å²) in [6.07, 6.45) is 0.960. The first-order chi connectivity index (χ1) is 11.5. The van der Waals surface area contributed by atoms with Crippen LogP contribution in [0, 0.1) is 0 Å². The van der Waals surface area contributed by atoms with E-state index in [1.807, 2.05) is 43.3 Å². The topological polar surface area (TPSA) is 55.9 Å². The van der Waals surface area contributed by atoms with Crippen molar-refractivity contribution in [1.82, 2.24) is 15.1 Å². The van der Waals surface area contributed by atoms with Gasteiger partial charge in [0.05, 0.1) is 0 Å². The fraction of sp³-hybridized carbons (Fsp3) is 0.556. The van der Waals surface area contributed by atoms with Crippen LogP contribution in [0.2, 0.25) is 0 Å². The molecule has 0 saturated carbocycles. The molecule has 0 atom stereocenters. The zero-order chi connectivity index (χ0) is 17.5. The van der Waals surface area contributed by atoms with Crippen LogP contribution >= 0.6 is 0 Å². The first kappa shape index (κ1) is 18.3. The number of carbonyl (C=O) groups excluding carboxylic acids is 2. The summed E-state index contributed by atoms with van der Waals surface area (Å²) in [5, 5.41) is 2.99. The summed E-state index contributed by atoms with van der Waals surface area (Å²) in [5.41, 5.74) is 1.83. The minimum absolute atomic E-state index is 0.0281. The molecule has 6 nitrogen and oxygen atoms in total. The highest BCUT2D eigenvalue weighted by Crippen LogP contribution is 2.17. The normalized spacial score (nSPS) is 14.8. The van der Waals surface area contributed by atoms with Gasteiger partial charge in [0.15, 0.2) is 5.78 Å². The van der Waals surface area contributed by atoms with Crippen LogP contribution in [0.3, 0.4) is 0 Å². The Morgan fingerprint density at radius 2 is 1.71 bits per heavy atom. The lowest BCUT2D eigenvalue weighted by atomic mass is 10.1. The van der Waals surface area contributed by atoms with Gasteiger partial charge in [0, 0.05) is 44.0 Å². The van der Waals surface area contributed by atoms with E-state index in [0.29, 0.717) is 19.6 Å². The third kappa shape index (κ3) is 5.23. The molecule has 1 fully saturated rings. The van der Waals surface area contributed by atoms with Crippen molar-refractivity contribution in [2.45, 2.75) is 13.3 Å². The number of benzene rings is 1. The van der Waals surface area contributed by atoms with Gasteiger partial charge in [0.25, 0.3) is 0 Å². The molecule has 24 heavy (non-hydrogen) atoms. The van der Waals surface area contributed by atoms with Gasteiger partial charge < -0.3 is 20.0 Å². The summed E-state index contributed by atoms with van der Waals surface area (Å²) >= 11 is 0. The second-order valence-corrected chi connectivity index (χ2v) is 6.47. The van der Waals surface area contributed by atoms with E-state index in [1.165, 1.54) is 0 Å². The van der Waals surface area contributed by atoms with Gasteiger partial charge >= 0.3 is 6.03 Å². The summed E-state index contributed by atoms with van der Waals surface area (Å²) in [5.74, 6) is 0.0808. The Balaban J connectivity index is 1.76. The first-order valence-corrected chi connectivity index (χ1v) is 8.51. The smallest absolute Gasteiger partial charge is 0.317 e. The highest BCUT2D eigenvalue weighted by Gasteiger charge is 2.21.